The zero-order chi connectivity index (χ0) is 47.4. The quantitative estimate of drug-likeness (QED) is 0.0494. The van der Waals surface area contributed by atoms with Crippen molar-refractivity contribution in [2.75, 3.05) is 61.9 Å². The zero-order valence-electron chi connectivity index (χ0n) is 40.4. The topological polar surface area (TPSA) is 92.1 Å². The van der Waals surface area contributed by atoms with E-state index in [1.807, 2.05) is 73.2 Å². The summed E-state index contributed by atoms with van der Waals surface area (Å²) in [6.07, 6.45) is 8.43. The van der Waals surface area contributed by atoms with E-state index < -0.39 is 7.82 Å². The molecule has 0 saturated heterocycles. The van der Waals surface area contributed by atoms with Crippen molar-refractivity contribution in [1.29, 1.82) is 0 Å². The number of aromatic nitrogens is 3. The Morgan fingerprint density at radius 2 is 0.662 bits per heavy atom. The number of phosphoric acid groups is 1. The first kappa shape index (κ1) is 46.6. The molecule has 0 radical (unpaired) electrons. The Kier molecular flexibility index (Phi) is 13.4. The molecule has 3 heterocycles. The number of aromatic amines is 3. The molecule has 0 aliphatic rings. The van der Waals surface area contributed by atoms with Gasteiger partial charge in [-0.3, -0.25) is 0 Å². The lowest BCUT2D eigenvalue weighted by Gasteiger charge is -2.30. The van der Waals surface area contributed by atoms with E-state index in [4.69, 9.17) is 13.6 Å². The third-order valence-electron chi connectivity index (χ3n) is 13.2. The molecule has 9 aromatic rings. The van der Waals surface area contributed by atoms with E-state index in [-0.39, 0.29) is 0 Å². The highest BCUT2D eigenvalue weighted by Gasteiger charge is 2.37. The molecule has 68 heavy (non-hydrogen) atoms. The summed E-state index contributed by atoms with van der Waals surface area (Å²) < 4.78 is 38.8. The second kappa shape index (κ2) is 19.6. The minimum absolute atomic E-state index is 0.429. The Morgan fingerprint density at radius 3 is 0.941 bits per heavy atom. The summed E-state index contributed by atoms with van der Waals surface area (Å²) in [6, 6.07) is 49.2. The van der Waals surface area contributed by atoms with Crippen molar-refractivity contribution in [1.82, 2.24) is 15.0 Å². The Balaban J connectivity index is 1.05. The number of benzene rings is 6. The van der Waals surface area contributed by atoms with E-state index >= 15 is 4.57 Å². The highest BCUT2D eigenvalue weighted by Crippen LogP contribution is 2.54. The highest BCUT2D eigenvalue weighted by molar-refractivity contribution is 7.49. The number of quaternary nitrogens is 3. The van der Waals surface area contributed by atoms with Crippen LogP contribution in [0.5, 0.6) is 17.2 Å². The van der Waals surface area contributed by atoms with Gasteiger partial charge in [-0.25, -0.2) is 0 Å². The Labute approximate surface area is 401 Å². The second-order valence-corrected chi connectivity index (χ2v) is 21.8. The monoisotopic (exact) mass is 929 g/mol. The van der Waals surface area contributed by atoms with Crippen LogP contribution in [0.25, 0.3) is 32.7 Å². The van der Waals surface area contributed by atoms with E-state index in [1.54, 1.807) is 0 Å². The summed E-state index contributed by atoms with van der Waals surface area (Å²) in [5, 5.41) is 2.58. The minimum Gasteiger partial charge on any atom is -0.385 e. The smallest absolute Gasteiger partial charge is 0.385 e. The van der Waals surface area contributed by atoms with Crippen LogP contribution in [0.1, 0.15) is 33.4 Å². The normalized spacial score (nSPS) is 12.6. The number of rotatable bonds is 21. The van der Waals surface area contributed by atoms with E-state index in [0.29, 0.717) is 17.2 Å². The largest absolute Gasteiger partial charge is 0.647 e. The van der Waals surface area contributed by atoms with Crippen molar-refractivity contribution in [3.8, 4) is 17.2 Å². The first-order valence-corrected chi connectivity index (χ1v) is 25.2. The molecule has 0 aliphatic heterocycles. The molecule has 3 N–H and O–H groups in total. The van der Waals surface area contributed by atoms with Gasteiger partial charge < -0.3 is 42.0 Å². The summed E-state index contributed by atoms with van der Waals surface area (Å²) in [7, 11) is 9.01. The number of phosphoric ester groups is 1. The summed E-state index contributed by atoms with van der Waals surface area (Å²) >= 11 is 0. The fourth-order valence-electron chi connectivity index (χ4n) is 9.64. The van der Waals surface area contributed by atoms with Crippen LogP contribution in [0, 0.1) is 0 Å². The third-order valence-corrected chi connectivity index (χ3v) is 14.5. The van der Waals surface area contributed by atoms with Crippen molar-refractivity contribution < 1.29 is 31.6 Å². The molecular formula is C57H66N6O4P+3. The maximum absolute atomic E-state index is 16.0. The van der Waals surface area contributed by atoms with E-state index in [2.05, 4.69) is 148 Å². The average molecular weight is 930 g/mol. The number of nitrogens with zero attached hydrogens (tertiary/aromatic N) is 3. The molecule has 0 amide bonds. The van der Waals surface area contributed by atoms with Gasteiger partial charge in [0, 0.05) is 87.3 Å². The average Bonchev–Trinajstić information content (AvgIpc) is 4.06. The number of fused-ring (bicyclic) bond motifs is 3. The van der Waals surface area contributed by atoms with Gasteiger partial charge >= 0.3 is 7.82 Å². The van der Waals surface area contributed by atoms with Crippen LogP contribution < -0.4 is 13.6 Å². The van der Waals surface area contributed by atoms with Crippen molar-refractivity contribution >= 4 is 40.5 Å². The molecule has 0 atom stereocenters. The molecular weight excluding hydrogens is 864 g/mol. The Bertz CT molecular complexity index is 2820. The van der Waals surface area contributed by atoms with Crippen molar-refractivity contribution in [2.24, 2.45) is 0 Å². The molecule has 0 spiro atoms. The minimum atomic E-state index is -4.53. The van der Waals surface area contributed by atoms with Gasteiger partial charge in [0.05, 0.1) is 61.9 Å². The second-order valence-electron chi connectivity index (χ2n) is 20.4. The Morgan fingerprint density at radius 1 is 0.382 bits per heavy atom. The van der Waals surface area contributed by atoms with Gasteiger partial charge in [-0.15, -0.1) is 0 Å². The number of nitrogens with one attached hydrogen (secondary N) is 3. The molecule has 9 rings (SSSR count). The van der Waals surface area contributed by atoms with Crippen LogP contribution in [0.15, 0.2) is 164 Å². The molecule has 0 saturated carbocycles. The van der Waals surface area contributed by atoms with Gasteiger partial charge in [-0.2, -0.15) is 4.57 Å². The first-order chi connectivity index (χ1) is 32.7. The van der Waals surface area contributed by atoms with Gasteiger partial charge in [-0.05, 0) is 53.1 Å². The van der Waals surface area contributed by atoms with Crippen LogP contribution in [-0.2, 0) is 43.5 Å². The maximum atomic E-state index is 16.0. The Hall–Kier alpha value is -6.55. The SMILES string of the molecule is C[N+](C)(CCc1c[nH]c2cccc(OP(=O)(Oc3cccc4[nH]cc(CC[N+](C)(C)Cc5ccccc5)c34)Oc3cccc4[nH]cc(CC[N+](C)(C)Cc5ccccc5)c34)c12)Cc1ccccc1. The highest BCUT2D eigenvalue weighted by atomic mass is 31.2. The predicted octanol–water partition coefficient (Wildman–Crippen LogP) is 12.2. The molecule has 10 nitrogen and oxygen atoms in total. The van der Waals surface area contributed by atoms with Crippen molar-refractivity contribution in [2.45, 2.75) is 38.9 Å². The lowest BCUT2D eigenvalue weighted by atomic mass is 10.1. The van der Waals surface area contributed by atoms with E-state index in [1.165, 1.54) is 16.7 Å². The fourth-order valence-corrected chi connectivity index (χ4v) is 10.9. The van der Waals surface area contributed by atoms with Gasteiger partial charge in [0.1, 0.15) is 36.9 Å². The van der Waals surface area contributed by atoms with Crippen LogP contribution >= 0.6 is 7.82 Å². The lowest BCUT2D eigenvalue weighted by Crippen LogP contribution is -2.40. The third kappa shape index (κ3) is 11.2. The molecule has 0 unspecified atom stereocenters. The molecule has 0 bridgehead atoms. The van der Waals surface area contributed by atoms with Crippen molar-refractivity contribution in [3.63, 3.8) is 0 Å². The van der Waals surface area contributed by atoms with E-state index in [0.717, 1.165) is 121 Å². The molecule has 0 fully saturated rings. The fraction of sp³-hybridized carbons (Fsp3) is 0.263. The summed E-state index contributed by atoms with van der Waals surface area (Å²) in [4.78, 5) is 10.4. The van der Waals surface area contributed by atoms with Gasteiger partial charge in [0.2, 0.25) is 0 Å². The number of likely N-dealkylation sites (N-methyl/N-ethyl adjacent to an activating group) is 3. The van der Waals surface area contributed by atoms with Gasteiger partial charge in [0.25, 0.3) is 0 Å². The molecule has 3 aromatic heterocycles. The molecule has 350 valence electrons. The van der Waals surface area contributed by atoms with Gasteiger partial charge in [0.15, 0.2) is 0 Å². The first-order valence-electron chi connectivity index (χ1n) is 23.7. The van der Waals surface area contributed by atoms with E-state index in [9.17, 15) is 0 Å². The summed E-state index contributed by atoms with van der Waals surface area (Å²) in [6.45, 7) is 5.32. The summed E-state index contributed by atoms with van der Waals surface area (Å²) in [5.41, 5.74) is 9.74. The zero-order valence-corrected chi connectivity index (χ0v) is 41.3. The van der Waals surface area contributed by atoms with Gasteiger partial charge in [-0.1, -0.05) is 109 Å². The molecule has 0 aliphatic carbocycles. The number of hydrogen-bond acceptors (Lipinski definition) is 4. The molecule has 11 heteroatoms. The van der Waals surface area contributed by atoms with Crippen LogP contribution in [0.3, 0.4) is 0 Å². The van der Waals surface area contributed by atoms with Crippen molar-refractivity contribution in [3.05, 3.63) is 198 Å². The molecule has 6 aromatic carbocycles. The predicted molar refractivity (Wildman–Crippen MR) is 277 cm³/mol. The van der Waals surface area contributed by atoms with Crippen LogP contribution in [0.2, 0.25) is 0 Å². The lowest BCUT2D eigenvalue weighted by molar-refractivity contribution is -0.903. The number of H-pyrrole nitrogens is 3. The number of hydrogen-bond donors (Lipinski definition) is 3. The van der Waals surface area contributed by atoms with Crippen LogP contribution in [-0.4, -0.2) is 90.3 Å². The maximum Gasteiger partial charge on any atom is 0.647 e. The van der Waals surface area contributed by atoms with Crippen LogP contribution in [0.4, 0.5) is 0 Å². The standard InChI is InChI=1S/C57H66N6O4P/c1-61(2,40-43-19-10-7-11-20-43)34-31-46-37-58-49-25-16-28-52(55(46)49)65-68(64,66-53-29-17-26-50-56(53)47(38-59-50)32-35-62(3,4)41-44-21-12-8-13-22-44)67-54-30-18-27-51-57(54)48(39-60-51)33-36-63(5,6)42-45-23-14-9-15-24-45/h7-30,37-39,58-60H,31-36,40-42H2,1-6H3/q+3. The summed E-state index contributed by atoms with van der Waals surface area (Å²) in [5.74, 6) is 1.29.